The fraction of sp³-hybridized carbons (Fsp3) is 0.0417. The third kappa shape index (κ3) is 5.82. The van der Waals surface area contributed by atoms with E-state index in [0.717, 1.165) is 78.1 Å². The zero-order valence-electron chi connectivity index (χ0n) is 28.5. The maximum Gasteiger partial charge on any atom is 0.0730 e. The minimum Gasteiger partial charge on any atom is -0.248 e. The van der Waals surface area contributed by atoms with Crippen molar-refractivity contribution >= 4 is 55.8 Å². The molecule has 0 N–H and O–H groups in total. The molecule has 5 aromatic carbocycles. The highest BCUT2D eigenvalue weighted by Crippen LogP contribution is 2.41. The first-order chi connectivity index (χ1) is 25.1. The Morgan fingerprint density at radius 1 is 0.333 bits per heavy atom. The molecule has 2 aliphatic rings. The molecule has 0 fully saturated rings. The second kappa shape index (κ2) is 12.9. The largest absolute Gasteiger partial charge is 0.248 e. The Morgan fingerprint density at radius 2 is 0.667 bits per heavy atom. The predicted octanol–water partition coefficient (Wildman–Crippen LogP) is 13.3. The van der Waals surface area contributed by atoms with Gasteiger partial charge in [0.15, 0.2) is 0 Å². The van der Waals surface area contributed by atoms with E-state index in [4.69, 9.17) is 9.97 Å². The van der Waals surface area contributed by atoms with Crippen LogP contribution in [-0.2, 0) is 0 Å². The molecule has 2 aliphatic heterocycles. The maximum atomic E-state index is 5.42. The molecule has 8 aromatic rings. The zero-order chi connectivity index (χ0) is 34.3. The lowest BCUT2D eigenvalue weighted by Gasteiger charge is -2.08. The number of aromatic nitrogens is 2. The van der Waals surface area contributed by atoms with Crippen molar-refractivity contribution in [3.8, 4) is 44.5 Å². The van der Waals surface area contributed by atoms with E-state index in [1.807, 2.05) is 0 Å². The fourth-order valence-corrected chi connectivity index (χ4v) is 8.26. The van der Waals surface area contributed by atoms with Gasteiger partial charge in [0.1, 0.15) is 0 Å². The van der Waals surface area contributed by atoms with Gasteiger partial charge in [0.05, 0.1) is 22.8 Å². The lowest BCUT2D eigenvalue weighted by Crippen LogP contribution is -1.88. The van der Waals surface area contributed by atoms with Crippen molar-refractivity contribution in [2.75, 3.05) is 0 Å². The molecule has 0 saturated carbocycles. The molecule has 8 bridgehead atoms. The summed E-state index contributed by atoms with van der Waals surface area (Å²) in [7, 11) is 0. The van der Waals surface area contributed by atoms with Crippen molar-refractivity contribution in [3.63, 3.8) is 0 Å². The van der Waals surface area contributed by atoms with Crippen LogP contribution in [0.3, 0.4) is 0 Å². The van der Waals surface area contributed by atoms with Crippen LogP contribution in [-0.4, -0.2) is 9.97 Å². The molecule has 242 valence electrons. The average molecular weight is 671 g/mol. The van der Waals surface area contributed by atoms with Gasteiger partial charge in [-0.1, -0.05) is 145 Å². The molecule has 0 spiro atoms. The van der Waals surface area contributed by atoms with Crippen LogP contribution in [0, 0.1) is 13.8 Å². The van der Waals surface area contributed by atoms with Gasteiger partial charge < -0.3 is 0 Å². The number of nitrogens with zero attached hydrogens (tertiary/aromatic N) is 2. The molecule has 3 heteroatoms. The molecule has 0 amide bonds. The molecule has 0 aliphatic carbocycles. The fourth-order valence-electron chi connectivity index (χ4n) is 7.10. The highest BCUT2D eigenvalue weighted by Gasteiger charge is 2.18. The molecule has 10 rings (SSSR count). The van der Waals surface area contributed by atoms with Gasteiger partial charge in [0.2, 0.25) is 0 Å². The Kier molecular flexibility index (Phi) is 7.83. The van der Waals surface area contributed by atoms with Gasteiger partial charge in [-0.3, -0.25) is 0 Å². The SMILES string of the molecule is Cc1ccc(-c2c3nc(c(-c4ccccc4)c4ccc(cc4)c(-c4ccccc4)c4nc(c(-c5ccc(C)cc5)c5ccc2s5)C=C4)C=C3)cc1. The van der Waals surface area contributed by atoms with Crippen molar-refractivity contribution in [1.29, 1.82) is 0 Å². The van der Waals surface area contributed by atoms with E-state index in [2.05, 4.69) is 184 Å². The molecular weight excluding hydrogens is 637 g/mol. The molecule has 0 unspecified atom stereocenters. The van der Waals surface area contributed by atoms with Crippen LogP contribution in [0.15, 0.2) is 146 Å². The molecule has 3 aromatic heterocycles. The van der Waals surface area contributed by atoms with Crippen LogP contribution in [0.2, 0.25) is 0 Å². The summed E-state index contributed by atoms with van der Waals surface area (Å²) < 4.78 is 2.34. The molecular formula is C48H34N2S. The number of aryl methyl sites for hydroxylation is 2. The number of hydrogen-bond acceptors (Lipinski definition) is 3. The van der Waals surface area contributed by atoms with Crippen LogP contribution in [0.4, 0.5) is 0 Å². The normalized spacial score (nSPS) is 12.0. The summed E-state index contributed by atoms with van der Waals surface area (Å²) in [5.41, 5.74) is 15.3. The Bertz CT molecular complexity index is 2460. The molecule has 0 radical (unpaired) electrons. The van der Waals surface area contributed by atoms with Crippen LogP contribution >= 0.6 is 11.3 Å². The maximum absolute atomic E-state index is 5.42. The second-order valence-corrected chi connectivity index (χ2v) is 14.2. The van der Waals surface area contributed by atoms with Crippen molar-refractivity contribution in [2.24, 2.45) is 0 Å². The summed E-state index contributed by atoms with van der Waals surface area (Å²) in [6.07, 6.45) is 8.72. The first-order valence-electron chi connectivity index (χ1n) is 17.3. The summed E-state index contributed by atoms with van der Waals surface area (Å²) in [4.78, 5) is 10.8. The number of rotatable bonds is 4. The Balaban J connectivity index is 1.47. The minimum absolute atomic E-state index is 0.954. The van der Waals surface area contributed by atoms with Crippen LogP contribution in [0.5, 0.6) is 0 Å². The van der Waals surface area contributed by atoms with E-state index >= 15 is 0 Å². The van der Waals surface area contributed by atoms with E-state index in [9.17, 15) is 0 Å². The van der Waals surface area contributed by atoms with Crippen LogP contribution in [0.25, 0.3) is 89.0 Å². The molecule has 0 saturated heterocycles. The number of hydrogen-bond donors (Lipinski definition) is 0. The van der Waals surface area contributed by atoms with E-state index < -0.39 is 0 Å². The summed E-state index contributed by atoms with van der Waals surface area (Å²) in [6, 6.07) is 52.3. The monoisotopic (exact) mass is 670 g/mol. The van der Waals surface area contributed by atoms with E-state index in [1.165, 1.54) is 20.5 Å². The zero-order valence-corrected chi connectivity index (χ0v) is 29.3. The summed E-state index contributed by atoms with van der Waals surface area (Å²) in [6.45, 7) is 4.27. The number of thiophene rings is 1. The van der Waals surface area contributed by atoms with Gasteiger partial charge in [0, 0.05) is 31.7 Å². The number of benzene rings is 5. The predicted molar refractivity (Wildman–Crippen MR) is 219 cm³/mol. The van der Waals surface area contributed by atoms with Crippen LogP contribution < -0.4 is 0 Å². The van der Waals surface area contributed by atoms with Gasteiger partial charge in [0.25, 0.3) is 0 Å². The smallest absolute Gasteiger partial charge is 0.0730 e. The third-order valence-corrected chi connectivity index (χ3v) is 10.8. The Hall–Kier alpha value is -6.16. The van der Waals surface area contributed by atoms with Gasteiger partial charge in [-0.05, 0) is 83.3 Å². The van der Waals surface area contributed by atoms with E-state index in [0.29, 0.717) is 0 Å². The minimum atomic E-state index is 0.954. The third-order valence-electron chi connectivity index (χ3n) is 9.67. The van der Waals surface area contributed by atoms with Crippen molar-refractivity contribution in [2.45, 2.75) is 13.8 Å². The summed E-state index contributed by atoms with van der Waals surface area (Å²) in [5, 5.41) is 2.24. The van der Waals surface area contributed by atoms with E-state index in [1.54, 1.807) is 11.3 Å². The second-order valence-electron chi connectivity index (χ2n) is 13.1. The topological polar surface area (TPSA) is 25.8 Å². The van der Waals surface area contributed by atoms with Gasteiger partial charge in [-0.25, -0.2) is 9.97 Å². The first-order valence-corrected chi connectivity index (χ1v) is 18.1. The standard InChI is InChI=1S/C48H34N2S/c1-31-13-17-37(18-14-31)47-41-27-25-39(49-41)45(33-9-5-3-6-10-33)35-21-23-36(24-22-35)46(34-11-7-4-8-12-34)40-26-28-42(50-40)48(44-30-29-43(47)51-44)38-19-15-32(2)16-20-38/h3-30H,1-2H3. The van der Waals surface area contributed by atoms with E-state index in [-0.39, 0.29) is 0 Å². The first kappa shape index (κ1) is 30.9. The van der Waals surface area contributed by atoms with Gasteiger partial charge >= 0.3 is 0 Å². The van der Waals surface area contributed by atoms with Gasteiger partial charge in [-0.15, -0.1) is 11.3 Å². The summed E-state index contributed by atoms with van der Waals surface area (Å²) in [5.74, 6) is 0. The molecule has 51 heavy (non-hydrogen) atoms. The van der Waals surface area contributed by atoms with Crippen molar-refractivity contribution < 1.29 is 0 Å². The lowest BCUT2D eigenvalue weighted by molar-refractivity contribution is 1.32. The Labute approximate surface area is 302 Å². The lowest BCUT2D eigenvalue weighted by atomic mass is 9.97. The quantitative estimate of drug-likeness (QED) is 0.186. The Morgan fingerprint density at radius 3 is 1.04 bits per heavy atom. The molecule has 0 atom stereocenters. The van der Waals surface area contributed by atoms with Gasteiger partial charge in [-0.2, -0.15) is 0 Å². The highest BCUT2D eigenvalue weighted by atomic mass is 32.1. The van der Waals surface area contributed by atoms with Crippen LogP contribution in [0.1, 0.15) is 33.9 Å². The van der Waals surface area contributed by atoms with Crippen molar-refractivity contribution in [3.05, 3.63) is 179 Å². The average Bonchev–Trinajstić information content (AvgIpc) is 3.95. The summed E-state index contributed by atoms with van der Waals surface area (Å²) >= 11 is 1.80. The molecule has 2 nitrogen and oxygen atoms in total. The molecule has 5 heterocycles. The number of fused-ring (bicyclic) bond motifs is 2. The highest BCUT2D eigenvalue weighted by molar-refractivity contribution is 7.24. The van der Waals surface area contributed by atoms with Crippen molar-refractivity contribution in [1.82, 2.24) is 9.97 Å².